The van der Waals surface area contributed by atoms with E-state index in [4.69, 9.17) is 4.98 Å². The summed E-state index contributed by atoms with van der Waals surface area (Å²) in [6.07, 6.45) is 5.72. The number of thioether (sulfide) groups is 1. The van der Waals surface area contributed by atoms with Gasteiger partial charge in [0, 0.05) is 35.5 Å². The lowest BCUT2D eigenvalue weighted by Crippen LogP contribution is -1.83. The summed E-state index contributed by atoms with van der Waals surface area (Å²) in [6.45, 7) is 0. The van der Waals surface area contributed by atoms with Gasteiger partial charge in [0.2, 0.25) is 5.78 Å². The molecule has 136 valence electrons. The van der Waals surface area contributed by atoms with Crippen molar-refractivity contribution in [2.45, 2.75) is 10.9 Å². The summed E-state index contributed by atoms with van der Waals surface area (Å²) in [5.74, 6) is 1.44. The summed E-state index contributed by atoms with van der Waals surface area (Å²) in [4.78, 5) is 17.2. The third kappa shape index (κ3) is 3.30. The van der Waals surface area contributed by atoms with Crippen molar-refractivity contribution in [1.29, 1.82) is 0 Å². The van der Waals surface area contributed by atoms with Gasteiger partial charge in [-0.05, 0) is 6.07 Å². The largest absolute Gasteiger partial charge is 0.332 e. The van der Waals surface area contributed by atoms with E-state index in [1.165, 1.54) is 0 Å². The zero-order valence-electron chi connectivity index (χ0n) is 15.0. The van der Waals surface area contributed by atoms with Crippen molar-refractivity contribution in [3.63, 3.8) is 0 Å². The third-order valence-electron chi connectivity index (χ3n) is 4.43. The molecule has 1 N–H and O–H groups in total. The fourth-order valence-electron chi connectivity index (χ4n) is 3.13. The first-order valence-corrected chi connectivity index (χ1v) is 9.97. The van der Waals surface area contributed by atoms with Crippen LogP contribution in [-0.2, 0) is 5.75 Å². The van der Waals surface area contributed by atoms with Gasteiger partial charge in [-0.1, -0.05) is 72.4 Å². The van der Waals surface area contributed by atoms with Crippen molar-refractivity contribution >= 4 is 17.5 Å². The Morgan fingerprint density at radius 2 is 1.61 bits per heavy atom. The standard InChI is InChI=1S/C22H17N5S/c1-3-8-16(9-4-1)19-20(17-10-5-2-6-11-17)26-22(25-19)28-15-18-14-27-13-7-12-23-21(27)24-18/h1-14H,15H2,(H,25,26). The second-order valence-electron chi connectivity index (χ2n) is 6.35. The van der Waals surface area contributed by atoms with Crippen LogP contribution >= 0.6 is 11.8 Å². The molecule has 0 unspecified atom stereocenters. The lowest BCUT2D eigenvalue weighted by atomic mass is 10.1. The van der Waals surface area contributed by atoms with Gasteiger partial charge in [-0.25, -0.2) is 15.0 Å². The summed E-state index contributed by atoms with van der Waals surface area (Å²) < 4.78 is 1.93. The van der Waals surface area contributed by atoms with E-state index in [1.54, 1.807) is 18.0 Å². The Hall–Kier alpha value is -3.38. The van der Waals surface area contributed by atoms with E-state index in [0.717, 1.165) is 39.1 Å². The molecule has 0 spiro atoms. The Kier molecular flexibility index (Phi) is 4.39. The van der Waals surface area contributed by atoms with Gasteiger partial charge in [0.1, 0.15) is 0 Å². The zero-order chi connectivity index (χ0) is 18.8. The van der Waals surface area contributed by atoms with Crippen molar-refractivity contribution in [1.82, 2.24) is 24.3 Å². The molecule has 6 heteroatoms. The number of hydrogen-bond acceptors (Lipinski definition) is 4. The average Bonchev–Trinajstić information content (AvgIpc) is 3.37. The molecule has 0 fully saturated rings. The van der Waals surface area contributed by atoms with Crippen molar-refractivity contribution in [2.24, 2.45) is 0 Å². The Morgan fingerprint density at radius 1 is 0.857 bits per heavy atom. The number of H-pyrrole nitrogens is 1. The lowest BCUT2D eigenvalue weighted by Gasteiger charge is -2.02. The van der Waals surface area contributed by atoms with Gasteiger partial charge in [-0.15, -0.1) is 0 Å². The van der Waals surface area contributed by atoms with Gasteiger partial charge in [0.05, 0.1) is 17.1 Å². The van der Waals surface area contributed by atoms with Crippen molar-refractivity contribution in [3.8, 4) is 22.5 Å². The maximum Gasteiger partial charge on any atom is 0.233 e. The normalized spacial score (nSPS) is 11.1. The molecule has 2 aromatic carbocycles. The maximum atomic E-state index is 4.88. The van der Waals surface area contributed by atoms with E-state index in [0.29, 0.717) is 5.78 Å². The van der Waals surface area contributed by atoms with Crippen LogP contribution < -0.4 is 0 Å². The van der Waals surface area contributed by atoms with Crippen LogP contribution in [0.2, 0.25) is 0 Å². The van der Waals surface area contributed by atoms with Crippen LogP contribution in [0.25, 0.3) is 28.3 Å². The molecule has 28 heavy (non-hydrogen) atoms. The maximum absolute atomic E-state index is 4.88. The zero-order valence-corrected chi connectivity index (χ0v) is 15.8. The molecule has 5 nitrogen and oxygen atoms in total. The molecule has 0 aliphatic rings. The summed E-state index contributed by atoms with van der Waals surface area (Å²) in [5.41, 5.74) is 5.19. The summed E-state index contributed by atoms with van der Waals surface area (Å²) in [5, 5.41) is 0.878. The minimum Gasteiger partial charge on any atom is -0.332 e. The monoisotopic (exact) mass is 383 g/mol. The number of benzene rings is 2. The molecule has 0 radical (unpaired) electrons. The van der Waals surface area contributed by atoms with E-state index >= 15 is 0 Å². The van der Waals surface area contributed by atoms with E-state index < -0.39 is 0 Å². The minimum atomic E-state index is 0.715. The summed E-state index contributed by atoms with van der Waals surface area (Å²) >= 11 is 1.64. The van der Waals surface area contributed by atoms with E-state index in [2.05, 4.69) is 39.2 Å². The van der Waals surface area contributed by atoms with E-state index in [9.17, 15) is 0 Å². The second-order valence-corrected chi connectivity index (χ2v) is 7.31. The number of fused-ring (bicyclic) bond motifs is 1. The molecule has 3 aromatic heterocycles. The van der Waals surface area contributed by atoms with Crippen LogP contribution in [0.5, 0.6) is 0 Å². The van der Waals surface area contributed by atoms with Crippen molar-refractivity contribution < 1.29 is 0 Å². The number of rotatable bonds is 5. The molecule has 0 atom stereocenters. The molecular weight excluding hydrogens is 366 g/mol. The quantitative estimate of drug-likeness (QED) is 0.430. The molecule has 0 aliphatic heterocycles. The van der Waals surface area contributed by atoms with Crippen molar-refractivity contribution in [2.75, 3.05) is 0 Å². The van der Waals surface area contributed by atoms with Gasteiger partial charge in [-0.3, -0.25) is 4.40 Å². The molecule has 0 saturated carbocycles. The highest BCUT2D eigenvalue weighted by molar-refractivity contribution is 7.98. The smallest absolute Gasteiger partial charge is 0.233 e. The molecule has 0 amide bonds. The van der Waals surface area contributed by atoms with E-state index in [1.807, 2.05) is 59.3 Å². The third-order valence-corrected chi connectivity index (χ3v) is 5.34. The Balaban J connectivity index is 1.47. The molecule has 5 aromatic rings. The summed E-state index contributed by atoms with van der Waals surface area (Å²) in [6, 6.07) is 22.5. The van der Waals surface area contributed by atoms with E-state index in [-0.39, 0.29) is 0 Å². The van der Waals surface area contributed by atoms with Gasteiger partial charge in [0.15, 0.2) is 5.16 Å². The average molecular weight is 383 g/mol. The highest BCUT2D eigenvalue weighted by Crippen LogP contribution is 2.33. The van der Waals surface area contributed by atoms with Crippen LogP contribution in [0.4, 0.5) is 0 Å². The predicted octanol–water partition coefficient (Wildman–Crippen LogP) is 5.08. The first-order valence-electron chi connectivity index (χ1n) is 8.99. The van der Waals surface area contributed by atoms with Crippen molar-refractivity contribution in [3.05, 3.63) is 91.0 Å². The number of nitrogens with one attached hydrogen (secondary N) is 1. The Labute approximate surface area is 166 Å². The SMILES string of the molecule is c1ccc(-c2nc(SCc3cn4cccnc4n3)[nH]c2-c2ccccc2)cc1. The fraction of sp³-hybridized carbons (Fsp3) is 0.0455. The highest BCUT2D eigenvalue weighted by Gasteiger charge is 2.14. The number of hydrogen-bond donors (Lipinski definition) is 1. The first-order chi connectivity index (χ1) is 13.9. The van der Waals surface area contributed by atoms with Gasteiger partial charge < -0.3 is 4.98 Å². The molecule has 5 rings (SSSR count). The van der Waals surface area contributed by atoms with Crippen LogP contribution in [-0.4, -0.2) is 24.3 Å². The van der Waals surface area contributed by atoms with Gasteiger partial charge in [-0.2, -0.15) is 0 Å². The number of aromatic amines is 1. The number of imidazole rings is 2. The first kappa shape index (κ1) is 16.8. The minimum absolute atomic E-state index is 0.715. The summed E-state index contributed by atoms with van der Waals surface area (Å²) in [7, 11) is 0. The van der Waals surface area contributed by atoms with Gasteiger partial charge >= 0.3 is 0 Å². The molecular formula is C22H17N5S. The topological polar surface area (TPSA) is 58.9 Å². The fourth-order valence-corrected chi connectivity index (χ4v) is 3.88. The molecule has 3 heterocycles. The number of aromatic nitrogens is 5. The second kappa shape index (κ2) is 7.32. The number of nitrogens with zero attached hydrogens (tertiary/aromatic N) is 4. The Bertz CT molecular complexity index is 1120. The predicted molar refractivity (Wildman–Crippen MR) is 112 cm³/mol. The molecule has 0 aliphatic carbocycles. The highest BCUT2D eigenvalue weighted by atomic mass is 32.2. The van der Waals surface area contributed by atoms with Crippen LogP contribution in [0.3, 0.4) is 0 Å². The van der Waals surface area contributed by atoms with Gasteiger partial charge in [0.25, 0.3) is 0 Å². The molecule has 0 bridgehead atoms. The van der Waals surface area contributed by atoms with Crippen LogP contribution in [0, 0.1) is 0 Å². The molecule has 0 saturated heterocycles. The Morgan fingerprint density at radius 3 is 2.36 bits per heavy atom. The van der Waals surface area contributed by atoms with Crippen LogP contribution in [0.1, 0.15) is 5.69 Å². The van der Waals surface area contributed by atoms with Crippen LogP contribution in [0.15, 0.2) is 90.5 Å². The lowest BCUT2D eigenvalue weighted by molar-refractivity contribution is 1.06.